The van der Waals surface area contributed by atoms with Crippen molar-refractivity contribution in [1.82, 2.24) is 5.32 Å². The first-order valence-electron chi connectivity index (χ1n) is 7.07. The molecule has 4 heteroatoms. The summed E-state index contributed by atoms with van der Waals surface area (Å²) in [6, 6.07) is 0. The maximum absolute atomic E-state index is 12.0. The number of carbonyl (C=O) groups is 2. The number of aliphatic carboxylic acids is 1. The van der Waals surface area contributed by atoms with Crippen LogP contribution in [0.15, 0.2) is 0 Å². The zero-order valence-electron chi connectivity index (χ0n) is 11.1. The van der Waals surface area contributed by atoms with E-state index >= 15 is 0 Å². The molecule has 0 aromatic heterocycles. The van der Waals surface area contributed by atoms with Crippen LogP contribution in [0.1, 0.15) is 51.9 Å². The third-order valence-electron chi connectivity index (χ3n) is 4.79. The van der Waals surface area contributed by atoms with Crippen LogP contribution in [0.4, 0.5) is 0 Å². The molecule has 0 saturated heterocycles. The molecule has 0 bridgehead atoms. The van der Waals surface area contributed by atoms with Crippen molar-refractivity contribution in [1.29, 1.82) is 0 Å². The van der Waals surface area contributed by atoms with Gasteiger partial charge in [0.05, 0.1) is 5.92 Å². The van der Waals surface area contributed by atoms with Gasteiger partial charge in [0.25, 0.3) is 0 Å². The quantitative estimate of drug-likeness (QED) is 0.789. The molecular formula is C14H23NO3. The molecule has 0 heterocycles. The van der Waals surface area contributed by atoms with Gasteiger partial charge in [-0.1, -0.05) is 6.92 Å². The van der Waals surface area contributed by atoms with E-state index in [0.29, 0.717) is 18.3 Å². The highest BCUT2D eigenvalue weighted by atomic mass is 16.4. The minimum atomic E-state index is -0.711. The van der Waals surface area contributed by atoms with Crippen LogP contribution in [-0.4, -0.2) is 23.5 Å². The normalized spacial score (nSPS) is 29.6. The molecular weight excluding hydrogens is 230 g/mol. The van der Waals surface area contributed by atoms with Gasteiger partial charge in [-0.25, -0.2) is 0 Å². The fourth-order valence-corrected chi connectivity index (χ4v) is 2.85. The zero-order valence-corrected chi connectivity index (χ0v) is 11.1. The summed E-state index contributed by atoms with van der Waals surface area (Å²) in [5, 5.41) is 12.0. The summed E-state index contributed by atoms with van der Waals surface area (Å²) in [6.45, 7) is 2.98. The lowest BCUT2D eigenvalue weighted by atomic mass is 9.81. The van der Waals surface area contributed by atoms with Gasteiger partial charge >= 0.3 is 5.97 Å². The van der Waals surface area contributed by atoms with Crippen LogP contribution in [0.2, 0.25) is 0 Å². The van der Waals surface area contributed by atoms with Crippen LogP contribution in [0, 0.1) is 17.3 Å². The van der Waals surface area contributed by atoms with E-state index in [1.165, 1.54) is 12.8 Å². The Morgan fingerprint density at radius 2 is 1.72 bits per heavy atom. The maximum atomic E-state index is 12.0. The van der Waals surface area contributed by atoms with E-state index in [-0.39, 0.29) is 17.7 Å². The molecule has 0 unspecified atom stereocenters. The fraction of sp³-hybridized carbons (Fsp3) is 0.857. The second-order valence-corrected chi connectivity index (χ2v) is 5.96. The van der Waals surface area contributed by atoms with Crippen LogP contribution < -0.4 is 5.32 Å². The van der Waals surface area contributed by atoms with E-state index in [0.717, 1.165) is 25.8 Å². The number of hydrogen-bond donors (Lipinski definition) is 2. The second-order valence-electron chi connectivity index (χ2n) is 5.96. The summed E-state index contributed by atoms with van der Waals surface area (Å²) in [7, 11) is 0. The lowest BCUT2D eigenvalue weighted by molar-refractivity contribution is -0.144. The molecule has 0 atom stereocenters. The Morgan fingerprint density at radius 1 is 1.17 bits per heavy atom. The van der Waals surface area contributed by atoms with E-state index in [2.05, 4.69) is 12.2 Å². The molecule has 0 aromatic rings. The molecule has 102 valence electrons. The van der Waals surface area contributed by atoms with Crippen LogP contribution >= 0.6 is 0 Å². The molecule has 2 aliphatic rings. The van der Waals surface area contributed by atoms with Crippen LogP contribution in [0.5, 0.6) is 0 Å². The number of nitrogens with one attached hydrogen (secondary N) is 1. The topological polar surface area (TPSA) is 66.4 Å². The number of amides is 1. The first-order chi connectivity index (χ1) is 8.56. The molecule has 18 heavy (non-hydrogen) atoms. The highest BCUT2D eigenvalue weighted by Gasteiger charge is 2.41. The summed E-state index contributed by atoms with van der Waals surface area (Å²) in [5.74, 6) is -0.775. The second kappa shape index (κ2) is 5.29. The summed E-state index contributed by atoms with van der Waals surface area (Å²) in [5.41, 5.74) is 0.383. The van der Waals surface area contributed by atoms with Gasteiger partial charge in [-0.15, -0.1) is 0 Å². The first kappa shape index (κ1) is 13.4. The van der Waals surface area contributed by atoms with Crippen molar-refractivity contribution >= 4 is 11.9 Å². The number of rotatable bonds is 5. The minimum absolute atomic E-state index is 0.0354. The average Bonchev–Trinajstić information content (AvgIpc) is 3.17. The van der Waals surface area contributed by atoms with Gasteiger partial charge in [-0.2, -0.15) is 0 Å². The molecule has 2 aliphatic carbocycles. The van der Waals surface area contributed by atoms with E-state index in [1.54, 1.807) is 0 Å². The van der Waals surface area contributed by atoms with Crippen molar-refractivity contribution in [2.45, 2.75) is 51.9 Å². The summed E-state index contributed by atoms with van der Waals surface area (Å²) in [4.78, 5) is 22.8. The number of carboxylic acids is 1. The Bertz CT molecular complexity index is 328. The van der Waals surface area contributed by atoms with Crippen molar-refractivity contribution in [2.24, 2.45) is 17.3 Å². The molecule has 0 aliphatic heterocycles. The van der Waals surface area contributed by atoms with E-state index in [9.17, 15) is 9.59 Å². The molecule has 0 radical (unpaired) electrons. The lowest BCUT2D eigenvalue weighted by Crippen LogP contribution is -2.37. The largest absolute Gasteiger partial charge is 0.481 e. The average molecular weight is 253 g/mol. The Morgan fingerprint density at radius 3 is 2.17 bits per heavy atom. The van der Waals surface area contributed by atoms with Crippen molar-refractivity contribution < 1.29 is 14.7 Å². The monoisotopic (exact) mass is 253 g/mol. The highest BCUT2D eigenvalue weighted by molar-refractivity contribution is 5.79. The number of carboxylic acid groups (broad SMARTS) is 1. The molecule has 0 aromatic carbocycles. The van der Waals surface area contributed by atoms with E-state index < -0.39 is 5.97 Å². The molecule has 2 N–H and O–H groups in total. The van der Waals surface area contributed by atoms with Crippen LogP contribution in [0.25, 0.3) is 0 Å². The highest BCUT2D eigenvalue weighted by Crippen LogP contribution is 2.47. The smallest absolute Gasteiger partial charge is 0.306 e. The third kappa shape index (κ3) is 3.03. The standard InChI is InChI=1S/C14H23NO3/c1-2-14(7-8-14)9-15-12(16)10-3-5-11(6-4-10)13(17)18/h10-11H,2-9H2,1H3,(H,15,16)(H,17,18). The Balaban J connectivity index is 1.72. The molecule has 1 amide bonds. The Hall–Kier alpha value is -1.06. The van der Waals surface area contributed by atoms with Gasteiger partial charge in [0.2, 0.25) is 5.91 Å². The maximum Gasteiger partial charge on any atom is 0.306 e. The molecule has 2 fully saturated rings. The van der Waals surface area contributed by atoms with Gasteiger partial charge in [-0.05, 0) is 50.4 Å². The predicted octanol–water partition coefficient (Wildman–Crippen LogP) is 2.18. The first-order valence-corrected chi connectivity index (χ1v) is 7.07. The van der Waals surface area contributed by atoms with Gasteiger partial charge in [0, 0.05) is 12.5 Å². The van der Waals surface area contributed by atoms with E-state index in [4.69, 9.17) is 5.11 Å². The van der Waals surface area contributed by atoms with Crippen LogP contribution in [-0.2, 0) is 9.59 Å². The summed E-state index contributed by atoms with van der Waals surface area (Å²) in [6.07, 6.45) is 6.34. The van der Waals surface area contributed by atoms with Crippen LogP contribution in [0.3, 0.4) is 0 Å². The lowest BCUT2D eigenvalue weighted by Gasteiger charge is -2.26. The van der Waals surface area contributed by atoms with Gasteiger partial charge in [0.15, 0.2) is 0 Å². The van der Waals surface area contributed by atoms with Gasteiger partial charge < -0.3 is 10.4 Å². The van der Waals surface area contributed by atoms with Gasteiger partial charge in [-0.3, -0.25) is 9.59 Å². The SMILES string of the molecule is CCC1(CNC(=O)C2CCC(C(=O)O)CC2)CC1. The van der Waals surface area contributed by atoms with Crippen molar-refractivity contribution in [2.75, 3.05) is 6.54 Å². The van der Waals surface area contributed by atoms with Crippen molar-refractivity contribution in [3.63, 3.8) is 0 Å². The molecule has 4 nitrogen and oxygen atoms in total. The van der Waals surface area contributed by atoms with Crippen molar-refractivity contribution in [3.05, 3.63) is 0 Å². The number of hydrogen-bond acceptors (Lipinski definition) is 2. The Labute approximate surface area is 108 Å². The fourth-order valence-electron chi connectivity index (χ4n) is 2.85. The third-order valence-corrected chi connectivity index (χ3v) is 4.79. The minimum Gasteiger partial charge on any atom is -0.481 e. The molecule has 2 saturated carbocycles. The van der Waals surface area contributed by atoms with Gasteiger partial charge in [0.1, 0.15) is 0 Å². The molecule has 2 rings (SSSR count). The Kier molecular flexibility index (Phi) is 3.93. The van der Waals surface area contributed by atoms with E-state index in [1.807, 2.05) is 0 Å². The summed E-state index contributed by atoms with van der Waals surface area (Å²) < 4.78 is 0. The molecule has 0 spiro atoms. The van der Waals surface area contributed by atoms with Crippen molar-refractivity contribution in [3.8, 4) is 0 Å². The zero-order chi connectivity index (χ0) is 13.2. The predicted molar refractivity (Wildman–Crippen MR) is 68.1 cm³/mol. The number of carbonyl (C=O) groups excluding carboxylic acids is 1. The summed E-state index contributed by atoms with van der Waals surface area (Å²) >= 11 is 0.